The summed E-state index contributed by atoms with van der Waals surface area (Å²) >= 11 is 0. The summed E-state index contributed by atoms with van der Waals surface area (Å²) in [5.41, 5.74) is 2.98. The van der Waals surface area contributed by atoms with Crippen LogP contribution in [0.3, 0.4) is 0 Å². The van der Waals surface area contributed by atoms with Crippen molar-refractivity contribution in [3.63, 3.8) is 0 Å². The van der Waals surface area contributed by atoms with Crippen LogP contribution >= 0.6 is 0 Å². The summed E-state index contributed by atoms with van der Waals surface area (Å²) < 4.78 is 42.0. The van der Waals surface area contributed by atoms with Gasteiger partial charge in [-0.1, -0.05) is 36.4 Å². The lowest BCUT2D eigenvalue weighted by Gasteiger charge is -2.25. The molecule has 0 radical (unpaired) electrons. The Morgan fingerprint density at radius 1 is 1.03 bits per heavy atom. The van der Waals surface area contributed by atoms with Crippen LogP contribution in [-0.4, -0.2) is 39.4 Å². The van der Waals surface area contributed by atoms with Crippen LogP contribution in [0.5, 0.6) is 0 Å². The van der Waals surface area contributed by atoms with E-state index in [1.54, 1.807) is 31.0 Å². The molecular formula is C26H28FN3O3S. The van der Waals surface area contributed by atoms with Crippen LogP contribution in [0, 0.1) is 12.7 Å². The Labute approximate surface area is 200 Å². The molecule has 1 aliphatic heterocycles. The van der Waals surface area contributed by atoms with Crippen molar-refractivity contribution in [2.75, 3.05) is 29.8 Å². The van der Waals surface area contributed by atoms with E-state index in [1.165, 1.54) is 30.3 Å². The van der Waals surface area contributed by atoms with Gasteiger partial charge < -0.3 is 9.80 Å². The summed E-state index contributed by atoms with van der Waals surface area (Å²) in [6.45, 7) is 4.17. The van der Waals surface area contributed by atoms with E-state index in [2.05, 4.69) is 15.7 Å². The molecule has 6 nitrogen and oxygen atoms in total. The number of hydrogen-bond donors (Lipinski definition) is 1. The second kappa shape index (κ2) is 9.85. The van der Waals surface area contributed by atoms with E-state index in [0.717, 1.165) is 37.2 Å². The van der Waals surface area contributed by atoms with E-state index in [0.29, 0.717) is 12.1 Å². The molecule has 0 aromatic heterocycles. The van der Waals surface area contributed by atoms with Gasteiger partial charge in [-0.2, -0.15) is 0 Å². The first-order chi connectivity index (χ1) is 16.3. The number of halogens is 1. The Kier molecular flexibility index (Phi) is 6.88. The van der Waals surface area contributed by atoms with Crippen molar-refractivity contribution in [2.45, 2.75) is 31.2 Å². The van der Waals surface area contributed by atoms with Gasteiger partial charge in [0.15, 0.2) is 0 Å². The topological polar surface area (TPSA) is 69.7 Å². The number of carbonyl (C=O) groups is 1. The third-order valence-electron chi connectivity index (χ3n) is 6.06. The zero-order chi connectivity index (χ0) is 24.3. The van der Waals surface area contributed by atoms with Gasteiger partial charge in [0.2, 0.25) is 0 Å². The summed E-state index contributed by atoms with van der Waals surface area (Å²) in [6, 6.07) is 18.0. The molecule has 1 fully saturated rings. The predicted molar refractivity (Wildman–Crippen MR) is 132 cm³/mol. The maximum atomic E-state index is 14.0. The number of aryl methyl sites for hydroxylation is 1. The summed E-state index contributed by atoms with van der Waals surface area (Å²) in [5.74, 6) is -0.956. The second-order valence-electron chi connectivity index (χ2n) is 8.55. The lowest BCUT2D eigenvalue weighted by atomic mass is 10.1. The molecule has 3 aromatic carbocycles. The van der Waals surface area contributed by atoms with E-state index in [9.17, 15) is 17.6 Å². The number of anilines is 2. The normalized spacial score (nSPS) is 13.7. The SMILES string of the molecule is Cc1ccc(S(=O)(=O)Nc2ccccc2F)cc1C(=O)N(C)Cc1ccccc1N1CCCC1. The van der Waals surface area contributed by atoms with Gasteiger partial charge in [0, 0.05) is 37.9 Å². The van der Waals surface area contributed by atoms with Crippen molar-refractivity contribution >= 4 is 27.3 Å². The molecule has 1 heterocycles. The van der Waals surface area contributed by atoms with Crippen LogP contribution in [0.2, 0.25) is 0 Å². The Morgan fingerprint density at radius 3 is 2.44 bits per heavy atom. The van der Waals surface area contributed by atoms with Gasteiger partial charge in [0.05, 0.1) is 10.6 Å². The van der Waals surface area contributed by atoms with E-state index in [4.69, 9.17) is 0 Å². The monoisotopic (exact) mass is 481 g/mol. The number of amides is 1. The molecular weight excluding hydrogens is 453 g/mol. The van der Waals surface area contributed by atoms with Gasteiger partial charge in [-0.15, -0.1) is 0 Å². The molecule has 8 heteroatoms. The van der Waals surface area contributed by atoms with Crippen LogP contribution in [0.4, 0.5) is 15.8 Å². The number of rotatable bonds is 7. The van der Waals surface area contributed by atoms with Crippen LogP contribution in [0.15, 0.2) is 71.6 Å². The highest BCUT2D eigenvalue weighted by atomic mass is 32.2. The molecule has 178 valence electrons. The van der Waals surface area contributed by atoms with E-state index >= 15 is 0 Å². The lowest BCUT2D eigenvalue weighted by Crippen LogP contribution is -2.29. The third-order valence-corrected chi connectivity index (χ3v) is 7.42. The number of carbonyl (C=O) groups excluding carboxylic acids is 1. The van der Waals surface area contributed by atoms with Gasteiger partial charge in [-0.3, -0.25) is 9.52 Å². The van der Waals surface area contributed by atoms with Gasteiger partial charge in [-0.25, -0.2) is 12.8 Å². The molecule has 0 bridgehead atoms. The fraction of sp³-hybridized carbons (Fsp3) is 0.269. The Balaban J connectivity index is 1.57. The van der Waals surface area contributed by atoms with Crippen molar-refractivity contribution < 1.29 is 17.6 Å². The zero-order valence-electron chi connectivity index (χ0n) is 19.3. The molecule has 34 heavy (non-hydrogen) atoms. The molecule has 4 rings (SSSR count). The van der Waals surface area contributed by atoms with Gasteiger partial charge in [0.1, 0.15) is 5.82 Å². The Hall–Kier alpha value is -3.39. The molecule has 1 N–H and O–H groups in total. The quantitative estimate of drug-likeness (QED) is 0.526. The molecule has 1 saturated heterocycles. The smallest absolute Gasteiger partial charge is 0.262 e. The van der Waals surface area contributed by atoms with E-state index in [-0.39, 0.29) is 22.1 Å². The van der Waals surface area contributed by atoms with Gasteiger partial charge >= 0.3 is 0 Å². The number of hydrogen-bond acceptors (Lipinski definition) is 4. The third kappa shape index (κ3) is 5.07. The molecule has 0 atom stereocenters. The number of benzene rings is 3. The molecule has 0 aliphatic carbocycles. The van der Waals surface area contributed by atoms with Crippen molar-refractivity contribution in [1.82, 2.24) is 4.90 Å². The number of nitrogens with zero attached hydrogens (tertiary/aromatic N) is 2. The maximum Gasteiger partial charge on any atom is 0.262 e. The first kappa shape index (κ1) is 23.8. The van der Waals surface area contributed by atoms with Crippen LogP contribution < -0.4 is 9.62 Å². The van der Waals surface area contributed by atoms with Gasteiger partial charge in [0.25, 0.3) is 15.9 Å². The Morgan fingerprint density at radius 2 is 1.71 bits per heavy atom. The summed E-state index contributed by atoms with van der Waals surface area (Å²) in [4.78, 5) is 17.2. The van der Waals surface area contributed by atoms with Crippen LogP contribution in [0.1, 0.15) is 34.3 Å². The average molecular weight is 482 g/mol. The standard InChI is InChI=1S/C26H28FN3O3S/c1-19-13-14-21(34(32,33)28-24-11-5-4-10-23(24)27)17-22(19)26(31)29(2)18-20-9-3-6-12-25(20)30-15-7-8-16-30/h3-6,9-14,17,28H,7-8,15-16,18H2,1-2H3. The molecule has 0 saturated carbocycles. The van der Waals surface area contributed by atoms with Crippen molar-refractivity contribution in [3.05, 3.63) is 89.2 Å². The van der Waals surface area contributed by atoms with E-state index in [1.807, 2.05) is 18.2 Å². The van der Waals surface area contributed by atoms with E-state index < -0.39 is 15.8 Å². The highest BCUT2D eigenvalue weighted by Gasteiger charge is 2.22. The largest absolute Gasteiger partial charge is 0.371 e. The number of para-hydroxylation sites is 2. The fourth-order valence-corrected chi connectivity index (χ4v) is 5.28. The maximum absolute atomic E-state index is 14.0. The molecule has 3 aromatic rings. The van der Waals surface area contributed by atoms with Crippen molar-refractivity contribution in [2.24, 2.45) is 0 Å². The summed E-state index contributed by atoms with van der Waals surface area (Å²) in [7, 11) is -2.37. The van der Waals surface area contributed by atoms with Gasteiger partial charge in [-0.05, 0) is 61.2 Å². The zero-order valence-corrected chi connectivity index (χ0v) is 20.1. The summed E-state index contributed by atoms with van der Waals surface area (Å²) in [5, 5.41) is 0. The number of nitrogens with one attached hydrogen (secondary N) is 1. The van der Waals surface area contributed by atoms with Crippen molar-refractivity contribution in [3.8, 4) is 0 Å². The Bertz CT molecular complexity index is 1300. The van der Waals surface area contributed by atoms with Crippen LogP contribution in [-0.2, 0) is 16.6 Å². The fourth-order valence-electron chi connectivity index (χ4n) is 4.19. The first-order valence-electron chi connectivity index (χ1n) is 11.2. The van der Waals surface area contributed by atoms with Crippen LogP contribution in [0.25, 0.3) is 0 Å². The molecule has 0 unspecified atom stereocenters. The first-order valence-corrected chi connectivity index (χ1v) is 12.7. The molecule has 1 amide bonds. The predicted octanol–water partition coefficient (Wildman–Crippen LogP) is 4.81. The number of sulfonamides is 1. The second-order valence-corrected chi connectivity index (χ2v) is 10.2. The minimum Gasteiger partial charge on any atom is -0.371 e. The summed E-state index contributed by atoms with van der Waals surface area (Å²) in [6.07, 6.45) is 2.31. The molecule has 0 spiro atoms. The highest BCUT2D eigenvalue weighted by Crippen LogP contribution is 2.27. The lowest BCUT2D eigenvalue weighted by molar-refractivity contribution is 0.0784. The highest BCUT2D eigenvalue weighted by molar-refractivity contribution is 7.92. The van der Waals surface area contributed by atoms with Crippen molar-refractivity contribution in [1.29, 1.82) is 0 Å². The minimum atomic E-state index is -4.08. The molecule has 1 aliphatic rings. The minimum absolute atomic E-state index is 0.101. The average Bonchev–Trinajstić information content (AvgIpc) is 3.35.